The maximum absolute atomic E-state index is 12.8. The van der Waals surface area contributed by atoms with Crippen LogP contribution in [0.4, 0.5) is 32.0 Å². The lowest BCUT2D eigenvalue weighted by Crippen LogP contribution is -2.53. The van der Waals surface area contributed by atoms with Crippen LogP contribution in [0.5, 0.6) is 0 Å². The molecule has 0 aliphatic rings. The molecule has 0 bridgehead atoms. The average Bonchev–Trinajstić information content (AvgIpc) is 2.50. The van der Waals surface area contributed by atoms with E-state index in [2.05, 4.69) is 0 Å². The van der Waals surface area contributed by atoms with E-state index in [-0.39, 0.29) is 25.3 Å². The molecule has 0 radical (unpaired) electrons. The summed E-state index contributed by atoms with van der Waals surface area (Å²) in [6, 6.07) is 3.11. The van der Waals surface area contributed by atoms with E-state index in [1.54, 1.807) is 6.92 Å². The molecule has 10 heteroatoms. The van der Waals surface area contributed by atoms with Crippen LogP contribution in [0.2, 0.25) is 0 Å². The summed E-state index contributed by atoms with van der Waals surface area (Å²) in [7, 11) is 1.51. The van der Waals surface area contributed by atoms with Crippen molar-refractivity contribution in [3.63, 3.8) is 0 Å². The van der Waals surface area contributed by atoms with Gasteiger partial charge in [-0.25, -0.2) is 0 Å². The average molecular weight is 373 g/mol. The molecule has 1 aromatic rings. The Morgan fingerprint density at radius 3 is 1.96 bits per heavy atom. The van der Waals surface area contributed by atoms with Gasteiger partial charge in [0.05, 0.1) is 13.0 Å². The molecule has 0 saturated heterocycles. The second kappa shape index (κ2) is 7.51. The minimum absolute atomic E-state index is 0.00112. The van der Waals surface area contributed by atoms with Gasteiger partial charge in [-0.3, -0.25) is 4.79 Å². The number of benzene rings is 1. The fourth-order valence-corrected chi connectivity index (χ4v) is 2.07. The number of alkyl halides is 6. The van der Waals surface area contributed by atoms with Gasteiger partial charge in [-0.2, -0.15) is 26.3 Å². The van der Waals surface area contributed by atoms with E-state index >= 15 is 0 Å². The van der Waals surface area contributed by atoms with E-state index in [4.69, 9.17) is 4.74 Å². The van der Waals surface area contributed by atoms with Crippen LogP contribution in [0.1, 0.15) is 18.9 Å². The van der Waals surface area contributed by atoms with Crippen LogP contribution in [0.15, 0.2) is 24.3 Å². The first-order valence-corrected chi connectivity index (χ1v) is 7.17. The highest BCUT2D eigenvalue weighted by Gasteiger charge is 2.71. The smallest absolute Gasteiger partial charge is 0.430 e. The summed E-state index contributed by atoms with van der Waals surface area (Å²) in [4.78, 5) is 12.7. The van der Waals surface area contributed by atoms with Crippen LogP contribution in [0, 0.1) is 0 Å². The number of ether oxygens (including phenoxy) is 1. The summed E-state index contributed by atoms with van der Waals surface area (Å²) in [5.41, 5.74) is -6.02. The summed E-state index contributed by atoms with van der Waals surface area (Å²) in [5.74, 6) is -0.477. The first kappa shape index (κ1) is 21.1. The number of rotatable bonds is 6. The van der Waals surface area contributed by atoms with E-state index < -0.39 is 29.5 Å². The lowest BCUT2D eigenvalue weighted by molar-refractivity contribution is -0.376. The van der Waals surface area contributed by atoms with Gasteiger partial charge >= 0.3 is 18.3 Å². The molecule has 0 aliphatic heterocycles. The molecule has 0 unspecified atom stereocenters. The van der Waals surface area contributed by atoms with E-state index in [9.17, 15) is 36.2 Å². The first-order valence-electron chi connectivity index (χ1n) is 7.17. The van der Waals surface area contributed by atoms with Crippen LogP contribution in [-0.4, -0.2) is 43.6 Å². The zero-order chi connectivity index (χ0) is 19.5. The third-order valence-electron chi connectivity index (χ3n) is 3.50. The maximum Gasteiger partial charge on any atom is 0.430 e. The Balaban J connectivity index is 2.99. The monoisotopic (exact) mass is 373 g/mol. The van der Waals surface area contributed by atoms with Crippen LogP contribution in [-0.2, 0) is 15.1 Å². The first-order chi connectivity index (χ1) is 11.3. The van der Waals surface area contributed by atoms with Gasteiger partial charge in [-0.15, -0.1) is 0 Å². The second-order valence-electron chi connectivity index (χ2n) is 5.23. The zero-order valence-corrected chi connectivity index (χ0v) is 13.4. The number of hydrogen-bond donors (Lipinski definition) is 1. The van der Waals surface area contributed by atoms with E-state index in [0.717, 1.165) is 12.1 Å². The summed E-state index contributed by atoms with van der Waals surface area (Å²) < 4.78 is 81.5. The molecule has 0 fully saturated rings. The number of aliphatic hydroxyl groups is 1. The van der Waals surface area contributed by atoms with E-state index in [0.29, 0.717) is 12.1 Å². The predicted octanol–water partition coefficient (Wildman–Crippen LogP) is 3.39. The lowest BCUT2D eigenvalue weighted by atomic mass is 9.92. The normalized spacial score (nSPS) is 12.8. The third-order valence-corrected chi connectivity index (χ3v) is 3.50. The van der Waals surface area contributed by atoms with Crippen LogP contribution >= 0.6 is 0 Å². The Hall–Kier alpha value is -1.97. The van der Waals surface area contributed by atoms with Gasteiger partial charge in [0.25, 0.3) is 5.60 Å². The third kappa shape index (κ3) is 4.56. The number of halogens is 6. The molecule has 25 heavy (non-hydrogen) atoms. The Kier molecular flexibility index (Phi) is 6.33. The molecule has 1 rings (SSSR count). The van der Waals surface area contributed by atoms with Gasteiger partial charge in [0.1, 0.15) is 0 Å². The number of hydrogen-bond acceptors (Lipinski definition) is 4. The molecule has 1 aromatic carbocycles. The quantitative estimate of drug-likeness (QED) is 0.614. The summed E-state index contributed by atoms with van der Waals surface area (Å²) >= 11 is 0. The standard InChI is InChI=1S/C15H17F6NO3/c1-3-25-12(23)8-9-22(2)11-6-4-10(5-7-11)13(24,14(16,17)18)15(19,20)21/h4-7,24H,3,8-9H2,1-2H3. The van der Waals surface area contributed by atoms with Gasteiger partial charge in [0.2, 0.25) is 0 Å². The Morgan fingerprint density at radius 2 is 1.56 bits per heavy atom. The number of nitrogens with zero attached hydrogens (tertiary/aromatic N) is 1. The molecule has 0 spiro atoms. The van der Waals surface area contributed by atoms with E-state index in [1.165, 1.54) is 11.9 Å². The van der Waals surface area contributed by atoms with Crippen molar-refractivity contribution in [1.29, 1.82) is 0 Å². The van der Waals surface area contributed by atoms with Gasteiger partial charge in [0.15, 0.2) is 0 Å². The Morgan fingerprint density at radius 1 is 1.08 bits per heavy atom. The predicted molar refractivity (Wildman–Crippen MR) is 77.0 cm³/mol. The van der Waals surface area contributed by atoms with Crippen molar-refractivity contribution >= 4 is 11.7 Å². The lowest BCUT2D eigenvalue weighted by Gasteiger charge is -2.33. The molecule has 0 aromatic heterocycles. The minimum atomic E-state index is -5.93. The van der Waals surface area contributed by atoms with Crippen molar-refractivity contribution in [2.75, 3.05) is 25.1 Å². The summed E-state index contributed by atoms with van der Waals surface area (Å²) in [5, 5.41) is 9.30. The number of carbonyl (C=O) groups is 1. The van der Waals surface area contributed by atoms with Crippen LogP contribution < -0.4 is 4.90 Å². The van der Waals surface area contributed by atoms with Crippen molar-refractivity contribution in [2.24, 2.45) is 0 Å². The molecular formula is C15H17F6NO3. The largest absolute Gasteiger partial charge is 0.466 e. The van der Waals surface area contributed by atoms with Crippen molar-refractivity contribution in [3.8, 4) is 0 Å². The van der Waals surface area contributed by atoms with Crippen LogP contribution in [0.3, 0.4) is 0 Å². The highest BCUT2D eigenvalue weighted by molar-refractivity contribution is 5.70. The summed E-state index contributed by atoms with van der Waals surface area (Å²) in [6.45, 7) is 1.98. The van der Waals surface area contributed by atoms with Crippen molar-refractivity contribution in [3.05, 3.63) is 29.8 Å². The van der Waals surface area contributed by atoms with E-state index in [1.807, 2.05) is 0 Å². The number of esters is 1. The van der Waals surface area contributed by atoms with Gasteiger partial charge < -0.3 is 14.7 Å². The molecular weight excluding hydrogens is 356 g/mol. The van der Waals surface area contributed by atoms with Crippen molar-refractivity contribution in [1.82, 2.24) is 0 Å². The molecule has 1 N–H and O–H groups in total. The topological polar surface area (TPSA) is 49.8 Å². The molecule has 0 aliphatic carbocycles. The van der Waals surface area contributed by atoms with Crippen molar-refractivity contribution in [2.45, 2.75) is 31.3 Å². The highest BCUT2D eigenvalue weighted by atomic mass is 19.4. The van der Waals surface area contributed by atoms with Gasteiger partial charge in [0, 0.05) is 24.8 Å². The molecule has 0 heterocycles. The molecule has 4 nitrogen and oxygen atoms in total. The zero-order valence-electron chi connectivity index (χ0n) is 13.4. The second-order valence-corrected chi connectivity index (χ2v) is 5.23. The Labute approximate surface area is 140 Å². The SMILES string of the molecule is CCOC(=O)CCN(C)c1ccc(C(O)(C(F)(F)F)C(F)(F)F)cc1. The molecule has 0 amide bonds. The Bertz CT molecular complexity index is 568. The van der Waals surface area contributed by atoms with Crippen LogP contribution in [0.25, 0.3) is 0 Å². The fourth-order valence-electron chi connectivity index (χ4n) is 2.07. The fraction of sp³-hybridized carbons (Fsp3) is 0.533. The van der Waals surface area contributed by atoms with Gasteiger partial charge in [-0.1, -0.05) is 12.1 Å². The maximum atomic E-state index is 12.8. The number of carbonyl (C=O) groups excluding carboxylic acids is 1. The minimum Gasteiger partial charge on any atom is -0.466 e. The highest BCUT2D eigenvalue weighted by Crippen LogP contribution is 2.50. The van der Waals surface area contributed by atoms with Crippen molar-refractivity contribution < 1.29 is 41.0 Å². The number of anilines is 1. The molecule has 0 saturated carbocycles. The van der Waals surface area contributed by atoms with Gasteiger partial charge in [-0.05, 0) is 19.1 Å². The molecule has 142 valence electrons. The molecule has 0 atom stereocenters. The summed E-state index contributed by atoms with van der Waals surface area (Å²) in [6.07, 6.45) is -11.9.